The van der Waals surface area contributed by atoms with Crippen molar-refractivity contribution in [3.8, 4) is 17.2 Å². The summed E-state index contributed by atoms with van der Waals surface area (Å²) in [4.78, 5) is 30.6. The number of urea groups is 1. The minimum atomic E-state index is -0.265. The molecule has 12 heteroatoms. The summed E-state index contributed by atoms with van der Waals surface area (Å²) in [5.41, 5.74) is 3.32. The Hall–Kier alpha value is -5.28. The van der Waals surface area contributed by atoms with Gasteiger partial charge in [0.15, 0.2) is 5.82 Å². The zero-order valence-electron chi connectivity index (χ0n) is 27.0. The van der Waals surface area contributed by atoms with Crippen LogP contribution in [0, 0.1) is 17.2 Å². The summed E-state index contributed by atoms with van der Waals surface area (Å²) in [5, 5.41) is 29.7. The first kappa shape index (κ1) is 33.1. The molecule has 47 heavy (non-hydrogen) atoms. The average Bonchev–Trinajstić information content (AvgIpc) is 3.51. The topological polar surface area (TPSA) is 148 Å². The fraction of sp³-hybridized carbons (Fsp3) is 0.371. The van der Waals surface area contributed by atoms with Crippen LogP contribution >= 0.6 is 0 Å². The van der Waals surface area contributed by atoms with Crippen LogP contribution < -0.4 is 20.4 Å². The molecular formula is C35H42N10O2. The van der Waals surface area contributed by atoms with E-state index < -0.39 is 0 Å². The lowest BCUT2D eigenvalue weighted by Crippen LogP contribution is -2.49. The molecule has 12 nitrogen and oxygen atoms in total. The molecule has 2 amide bonds. The molecule has 1 saturated heterocycles. The summed E-state index contributed by atoms with van der Waals surface area (Å²) in [6, 6.07) is 15.6. The highest BCUT2D eigenvalue weighted by atomic mass is 16.3. The summed E-state index contributed by atoms with van der Waals surface area (Å²) < 4.78 is 1.74. The number of rotatable bonds is 15. The second kappa shape index (κ2) is 16.3. The van der Waals surface area contributed by atoms with Gasteiger partial charge in [-0.1, -0.05) is 49.8 Å². The molecule has 0 aliphatic carbocycles. The fourth-order valence-electron chi connectivity index (χ4n) is 5.48. The first-order valence-electron chi connectivity index (χ1n) is 16.1. The smallest absolute Gasteiger partial charge is 0.327 e. The highest BCUT2D eigenvalue weighted by Crippen LogP contribution is 2.27. The number of aryl methyl sites for hydroxylation is 1. The van der Waals surface area contributed by atoms with Gasteiger partial charge in [-0.25, -0.2) is 14.8 Å². The van der Waals surface area contributed by atoms with E-state index in [1.54, 1.807) is 34.4 Å². The van der Waals surface area contributed by atoms with Crippen molar-refractivity contribution in [3.05, 3.63) is 90.7 Å². The minimum absolute atomic E-state index is 0.132. The van der Waals surface area contributed by atoms with Gasteiger partial charge in [0, 0.05) is 75.0 Å². The standard InChI is InChI=1S/C35H42N10O2/c1-3-10-31(41-34-38-20-29(17-36)33(42-34)44-22-27(23-44)25-46)13-8-5-9-16-45(35(47)39-18-26-11-6-4-7-12-26)32-15-14-28(19-37-32)30-21-40-43(2)24-30/h4,6-7,9,11-12,14-16,19-21,24,27,31,46H,3,5,8,10,13,18,22-23,25H2,1-2H3,(H,39,47)(H,38,41,42)/b16-9+/t31-/m1/s1. The molecule has 3 N–H and O–H groups in total. The molecule has 0 radical (unpaired) electrons. The number of hydrogen-bond acceptors (Lipinski definition) is 9. The Balaban J connectivity index is 1.21. The number of anilines is 3. The van der Waals surface area contributed by atoms with E-state index in [1.165, 1.54) is 0 Å². The molecular weight excluding hydrogens is 592 g/mol. The van der Waals surface area contributed by atoms with E-state index >= 15 is 0 Å². The SMILES string of the molecule is CCC[C@H](CCC/C=C/N(C(=O)NCc1ccccc1)c1ccc(-c2cnn(C)c2)cn1)Nc1ncc(C#N)c(N2CC(CO)C2)n1. The molecule has 0 spiro atoms. The number of benzene rings is 1. The number of allylic oxidation sites excluding steroid dienone is 1. The van der Waals surface area contributed by atoms with E-state index in [-0.39, 0.29) is 24.6 Å². The predicted octanol–water partition coefficient (Wildman–Crippen LogP) is 5.25. The van der Waals surface area contributed by atoms with Crippen LogP contribution in [-0.2, 0) is 13.6 Å². The summed E-state index contributed by atoms with van der Waals surface area (Å²) in [5.74, 6) is 1.84. The number of hydrogen-bond donors (Lipinski definition) is 3. The first-order chi connectivity index (χ1) is 23.0. The minimum Gasteiger partial charge on any atom is -0.396 e. The van der Waals surface area contributed by atoms with E-state index in [2.05, 4.69) is 43.7 Å². The van der Waals surface area contributed by atoms with E-state index in [0.29, 0.717) is 42.8 Å². The van der Waals surface area contributed by atoms with Gasteiger partial charge in [-0.2, -0.15) is 15.3 Å². The number of carbonyl (C=O) groups excluding carboxylic acids is 1. The molecule has 3 aromatic heterocycles. The molecule has 0 saturated carbocycles. The lowest BCUT2D eigenvalue weighted by atomic mass is 10.0. The highest BCUT2D eigenvalue weighted by molar-refractivity contribution is 5.92. The summed E-state index contributed by atoms with van der Waals surface area (Å²) in [7, 11) is 1.87. The van der Waals surface area contributed by atoms with E-state index in [9.17, 15) is 15.2 Å². The zero-order valence-corrected chi connectivity index (χ0v) is 27.0. The fourth-order valence-corrected chi connectivity index (χ4v) is 5.48. The Bertz CT molecular complexity index is 1660. The maximum absolute atomic E-state index is 13.4. The van der Waals surface area contributed by atoms with Gasteiger partial charge < -0.3 is 20.6 Å². The lowest BCUT2D eigenvalue weighted by molar-refractivity contribution is 0.200. The maximum Gasteiger partial charge on any atom is 0.327 e. The van der Waals surface area contributed by atoms with Crippen LogP contribution in [0.2, 0.25) is 0 Å². The Labute approximate surface area is 275 Å². The molecule has 1 aliphatic heterocycles. The van der Waals surface area contributed by atoms with Crippen LogP contribution in [0.5, 0.6) is 0 Å². The summed E-state index contributed by atoms with van der Waals surface area (Å²) >= 11 is 0. The van der Waals surface area contributed by atoms with E-state index in [1.807, 2.05) is 66.7 Å². The van der Waals surface area contributed by atoms with Crippen molar-refractivity contribution in [1.82, 2.24) is 30.0 Å². The van der Waals surface area contributed by atoms with Crippen molar-refractivity contribution in [1.29, 1.82) is 5.26 Å². The van der Waals surface area contributed by atoms with E-state index in [0.717, 1.165) is 48.8 Å². The lowest BCUT2D eigenvalue weighted by Gasteiger charge is -2.39. The number of aliphatic hydroxyl groups is 1. The van der Waals surface area contributed by atoms with Gasteiger partial charge in [0.25, 0.3) is 0 Å². The number of nitrogens with one attached hydrogen (secondary N) is 2. The van der Waals surface area contributed by atoms with Crippen molar-refractivity contribution in [2.45, 2.75) is 51.6 Å². The molecule has 1 fully saturated rings. The number of nitriles is 1. The second-order valence-electron chi connectivity index (χ2n) is 11.8. The molecule has 4 aromatic rings. The molecule has 5 rings (SSSR count). The number of aliphatic hydroxyl groups excluding tert-OH is 1. The normalized spacial score (nSPS) is 13.6. The molecule has 0 unspecified atom stereocenters. The van der Waals surface area contributed by atoms with Gasteiger partial charge in [-0.05, 0) is 43.4 Å². The van der Waals surface area contributed by atoms with Crippen molar-refractivity contribution in [2.75, 3.05) is 34.8 Å². The van der Waals surface area contributed by atoms with Crippen LogP contribution in [-0.4, -0.2) is 61.6 Å². The number of amides is 2. The number of nitrogens with zero attached hydrogens (tertiary/aromatic N) is 8. The van der Waals surface area contributed by atoms with Gasteiger partial charge in [0.1, 0.15) is 17.5 Å². The van der Waals surface area contributed by atoms with Gasteiger partial charge in [0.2, 0.25) is 5.95 Å². The van der Waals surface area contributed by atoms with Crippen LogP contribution in [0.25, 0.3) is 11.1 Å². The number of pyridine rings is 1. The molecule has 1 aliphatic rings. The van der Waals surface area contributed by atoms with Crippen LogP contribution in [0.4, 0.5) is 22.4 Å². The second-order valence-corrected chi connectivity index (χ2v) is 11.8. The summed E-state index contributed by atoms with van der Waals surface area (Å²) in [6.07, 6.45) is 15.3. The van der Waals surface area contributed by atoms with Crippen LogP contribution in [0.3, 0.4) is 0 Å². The molecule has 1 atom stereocenters. The van der Waals surface area contributed by atoms with E-state index in [4.69, 9.17) is 0 Å². The maximum atomic E-state index is 13.4. The van der Waals surface area contributed by atoms with Crippen molar-refractivity contribution in [2.24, 2.45) is 13.0 Å². The molecule has 0 bridgehead atoms. The largest absolute Gasteiger partial charge is 0.396 e. The van der Waals surface area contributed by atoms with Gasteiger partial charge >= 0.3 is 6.03 Å². The zero-order chi connectivity index (χ0) is 33.0. The third-order valence-corrected chi connectivity index (χ3v) is 8.09. The number of unbranched alkanes of at least 4 members (excludes halogenated alkanes) is 1. The van der Waals surface area contributed by atoms with Gasteiger partial charge in [-0.15, -0.1) is 0 Å². The monoisotopic (exact) mass is 634 g/mol. The molecule has 244 valence electrons. The van der Waals surface area contributed by atoms with Crippen molar-refractivity contribution in [3.63, 3.8) is 0 Å². The Kier molecular flexibility index (Phi) is 11.5. The molecule has 1 aromatic carbocycles. The Morgan fingerprint density at radius 3 is 2.64 bits per heavy atom. The van der Waals surface area contributed by atoms with Crippen molar-refractivity contribution < 1.29 is 9.90 Å². The average molecular weight is 635 g/mol. The molecule has 4 heterocycles. The number of aromatic nitrogens is 5. The van der Waals surface area contributed by atoms with Gasteiger partial charge in [0.05, 0.1) is 12.4 Å². The third-order valence-electron chi connectivity index (χ3n) is 8.09. The Morgan fingerprint density at radius 2 is 1.96 bits per heavy atom. The quantitative estimate of drug-likeness (QED) is 0.149. The highest BCUT2D eigenvalue weighted by Gasteiger charge is 2.29. The van der Waals surface area contributed by atoms with Crippen molar-refractivity contribution >= 4 is 23.6 Å². The third kappa shape index (κ3) is 8.92. The van der Waals surface area contributed by atoms with Crippen LogP contribution in [0.1, 0.15) is 50.2 Å². The van der Waals surface area contributed by atoms with Gasteiger partial charge in [-0.3, -0.25) is 9.58 Å². The predicted molar refractivity (Wildman–Crippen MR) is 182 cm³/mol. The Morgan fingerprint density at radius 1 is 1.13 bits per heavy atom. The summed E-state index contributed by atoms with van der Waals surface area (Å²) in [6.45, 7) is 4.04. The van der Waals surface area contributed by atoms with Crippen LogP contribution in [0.15, 0.2) is 79.5 Å². The number of carbonyl (C=O) groups is 1. The first-order valence-corrected chi connectivity index (χ1v) is 16.1.